The van der Waals surface area contributed by atoms with Crippen LogP contribution in [0.3, 0.4) is 0 Å². The number of carboxylic acids is 1. The minimum atomic E-state index is -0.612. The van der Waals surface area contributed by atoms with Gasteiger partial charge in [-0.1, -0.05) is 0 Å². The third-order valence-corrected chi connectivity index (χ3v) is 4.92. The monoisotopic (exact) mass is 283 g/mol. The lowest BCUT2D eigenvalue weighted by Crippen LogP contribution is -2.48. The number of likely N-dealkylation sites (tertiary alicyclic amines) is 1. The van der Waals surface area contributed by atoms with Crippen molar-refractivity contribution in [3.63, 3.8) is 0 Å². The zero-order chi connectivity index (χ0) is 14.7. The first-order valence-electron chi connectivity index (χ1n) is 7.85. The van der Waals surface area contributed by atoms with Crippen molar-refractivity contribution in [2.24, 2.45) is 11.8 Å². The average Bonchev–Trinajstić information content (AvgIpc) is 2.87. The molecule has 2 rings (SSSR count). The van der Waals surface area contributed by atoms with Gasteiger partial charge in [0.2, 0.25) is 0 Å². The van der Waals surface area contributed by atoms with Crippen molar-refractivity contribution >= 4 is 5.97 Å². The van der Waals surface area contributed by atoms with E-state index in [1.807, 2.05) is 0 Å². The molecule has 0 spiro atoms. The fourth-order valence-electron chi connectivity index (χ4n) is 3.35. The first kappa shape index (κ1) is 15.7. The number of piperazine rings is 1. The zero-order valence-corrected chi connectivity index (χ0v) is 13.1. The second-order valence-corrected chi connectivity index (χ2v) is 6.69. The van der Waals surface area contributed by atoms with Gasteiger partial charge in [0.1, 0.15) is 0 Å². The molecule has 0 bridgehead atoms. The fourth-order valence-corrected chi connectivity index (χ4v) is 3.35. The molecule has 0 saturated carbocycles. The van der Waals surface area contributed by atoms with E-state index in [-0.39, 0.29) is 5.92 Å². The van der Waals surface area contributed by atoms with Crippen LogP contribution in [0.25, 0.3) is 0 Å². The summed E-state index contributed by atoms with van der Waals surface area (Å²) in [6.45, 7) is 11.2. The standard InChI is InChI=1S/C15H29N3O2/c1-12(2)18-5-4-13(10-18)14(15(19)20)11-17-8-6-16(3)7-9-17/h12-14H,4-11H2,1-3H3,(H,19,20). The maximum Gasteiger partial charge on any atom is 0.308 e. The van der Waals surface area contributed by atoms with Crippen LogP contribution in [-0.4, -0.2) is 84.7 Å². The molecule has 2 saturated heterocycles. The van der Waals surface area contributed by atoms with Crippen molar-refractivity contribution < 1.29 is 9.90 Å². The summed E-state index contributed by atoms with van der Waals surface area (Å²) in [7, 11) is 2.13. The Morgan fingerprint density at radius 2 is 1.85 bits per heavy atom. The summed E-state index contributed by atoms with van der Waals surface area (Å²) in [4.78, 5) is 18.7. The highest BCUT2D eigenvalue weighted by Gasteiger charge is 2.35. The second kappa shape index (κ2) is 6.87. The van der Waals surface area contributed by atoms with E-state index < -0.39 is 5.97 Å². The number of carboxylic acid groups (broad SMARTS) is 1. The van der Waals surface area contributed by atoms with Crippen LogP contribution in [0.4, 0.5) is 0 Å². The Balaban J connectivity index is 1.89. The highest BCUT2D eigenvalue weighted by molar-refractivity contribution is 5.70. The summed E-state index contributed by atoms with van der Waals surface area (Å²) in [6, 6.07) is 0.526. The van der Waals surface area contributed by atoms with Crippen molar-refractivity contribution in [3.05, 3.63) is 0 Å². The Morgan fingerprint density at radius 1 is 1.20 bits per heavy atom. The fraction of sp³-hybridized carbons (Fsp3) is 0.933. The summed E-state index contributed by atoms with van der Waals surface area (Å²) >= 11 is 0. The molecule has 2 atom stereocenters. The topological polar surface area (TPSA) is 47.0 Å². The molecular weight excluding hydrogens is 254 g/mol. The van der Waals surface area contributed by atoms with Gasteiger partial charge in [-0.2, -0.15) is 0 Å². The van der Waals surface area contributed by atoms with Crippen LogP contribution >= 0.6 is 0 Å². The molecule has 1 N–H and O–H groups in total. The summed E-state index contributed by atoms with van der Waals surface area (Å²) in [5.74, 6) is -0.503. The van der Waals surface area contributed by atoms with Gasteiger partial charge in [-0.05, 0) is 39.8 Å². The molecule has 0 aromatic heterocycles. The van der Waals surface area contributed by atoms with Crippen molar-refractivity contribution in [3.8, 4) is 0 Å². The van der Waals surface area contributed by atoms with Gasteiger partial charge in [0.25, 0.3) is 0 Å². The van der Waals surface area contributed by atoms with Gasteiger partial charge in [0.05, 0.1) is 5.92 Å². The number of rotatable bonds is 5. The van der Waals surface area contributed by atoms with E-state index in [1.165, 1.54) is 0 Å². The molecule has 2 aliphatic rings. The molecule has 0 aromatic carbocycles. The Labute approximate surface area is 122 Å². The smallest absolute Gasteiger partial charge is 0.308 e. The van der Waals surface area contributed by atoms with Crippen LogP contribution in [-0.2, 0) is 4.79 Å². The lowest BCUT2D eigenvalue weighted by atomic mass is 9.91. The highest BCUT2D eigenvalue weighted by Crippen LogP contribution is 2.27. The average molecular weight is 283 g/mol. The number of likely N-dealkylation sites (N-methyl/N-ethyl adjacent to an activating group) is 1. The molecule has 0 aliphatic carbocycles. The highest BCUT2D eigenvalue weighted by atomic mass is 16.4. The van der Waals surface area contributed by atoms with E-state index in [1.54, 1.807) is 0 Å². The molecule has 2 heterocycles. The van der Waals surface area contributed by atoms with Crippen LogP contribution < -0.4 is 0 Å². The SMILES string of the molecule is CC(C)N1CCC(C(CN2CCN(C)CC2)C(=O)O)C1. The quantitative estimate of drug-likeness (QED) is 0.803. The minimum absolute atomic E-state index is 0.206. The lowest BCUT2D eigenvalue weighted by Gasteiger charge is -2.35. The molecule has 116 valence electrons. The van der Waals surface area contributed by atoms with Gasteiger partial charge in [0, 0.05) is 45.3 Å². The zero-order valence-electron chi connectivity index (χ0n) is 13.1. The number of carbonyl (C=O) groups is 1. The largest absolute Gasteiger partial charge is 0.481 e. The Morgan fingerprint density at radius 3 is 2.35 bits per heavy atom. The molecule has 2 aliphatic heterocycles. The molecule has 5 nitrogen and oxygen atoms in total. The van der Waals surface area contributed by atoms with Crippen LogP contribution in [0.15, 0.2) is 0 Å². The lowest BCUT2D eigenvalue weighted by molar-refractivity contribution is -0.144. The number of aliphatic carboxylic acids is 1. The summed E-state index contributed by atoms with van der Waals surface area (Å²) in [6.07, 6.45) is 1.03. The molecule has 0 amide bonds. The Kier molecular flexibility index (Phi) is 5.41. The first-order chi connectivity index (χ1) is 9.47. The summed E-state index contributed by atoms with van der Waals surface area (Å²) < 4.78 is 0. The molecular formula is C15H29N3O2. The first-order valence-corrected chi connectivity index (χ1v) is 7.85. The maximum absolute atomic E-state index is 11.6. The van der Waals surface area contributed by atoms with Gasteiger partial charge in [-0.3, -0.25) is 9.69 Å². The van der Waals surface area contributed by atoms with Crippen LogP contribution in [0, 0.1) is 11.8 Å². The van der Waals surface area contributed by atoms with E-state index in [9.17, 15) is 9.90 Å². The minimum Gasteiger partial charge on any atom is -0.481 e. The van der Waals surface area contributed by atoms with Gasteiger partial charge >= 0.3 is 5.97 Å². The van der Waals surface area contributed by atoms with Crippen molar-refractivity contribution in [1.29, 1.82) is 0 Å². The molecule has 2 unspecified atom stereocenters. The predicted octanol–water partition coefficient (Wildman–Crippen LogP) is 0.665. The van der Waals surface area contributed by atoms with E-state index in [2.05, 4.69) is 35.6 Å². The van der Waals surface area contributed by atoms with E-state index in [4.69, 9.17) is 0 Å². The predicted molar refractivity (Wildman–Crippen MR) is 79.9 cm³/mol. The van der Waals surface area contributed by atoms with Crippen LogP contribution in [0.1, 0.15) is 20.3 Å². The summed E-state index contributed by atoms with van der Waals surface area (Å²) in [5.41, 5.74) is 0. The van der Waals surface area contributed by atoms with E-state index in [0.717, 1.165) is 52.2 Å². The van der Waals surface area contributed by atoms with Crippen LogP contribution in [0.5, 0.6) is 0 Å². The molecule has 0 aromatic rings. The number of hydrogen-bond acceptors (Lipinski definition) is 4. The Bertz CT molecular complexity index is 327. The third-order valence-electron chi connectivity index (χ3n) is 4.92. The van der Waals surface area contributed by atoms with Crippen molar-refractivity contribution in [2.45, 2.75) is 26.3 Å². The second-order valence-electron chi connectivity index (χ2n) is 6.69. The molecule has 5 heteroatoms. The van der Waals surface area contributed by atoms with Crippen molar-refractivity contribution in [2.75, 3.05) is 52.9 Å². The van der Waals surface area contributed by atoms with Gasteiger partial charge < -0.3 is 14.9 Å². The van der Waals surface area contributed by atoms with Crippen LogP contribution in [0.2, 0.25) is 0 Å². The van der Waals surface area contributed by atoms with Gasteiger partial charge in [0.15, 0.2) is 0 Å². The number of nitrogens with zero attached hydrogens (tertiary/aromatic N) is 3. The summed E-state index contributed by atoms with van der Waals surface area (Å²) in [5, 5.41) is 9.59. The Hall–Kier alpha value is -0.650. The molecule has 20 heavy (non-hydrogen) atoms. The number of hydrogen-bond donors (Lipinski definition) is 1. The van der Waals surface area contributed by atoms with Gasteiger partial charge in [-0.15, -0.1) is 0 Å². The van der Waals surface area contributed by atoms with E-state index >= 15 is 0 Å². The molecule has 0 radical (unpaired) electrons. The van der Waals surface area contributed by atoms with Gasteiger partial charge in [-0.25, -0.2) is 0 Å². The van der Waals surface area contributed by atoms with E-state index in [0.29, 0.717) is 12.0 Å². The maximum atomic E-state index is 11.6. The third kappa shape index (κ3) is 3.93. The molecule has 2 fully saturated rings. The normalized spacial score (nSPS) is 28.1. The van der Waals surface area contributed by atoms with Crippen molar-refractivity contribution in [1.82, 2.24) is 14.7 Å².